The maximum absolute atomic E-state index is 13.8. The average Bonchev–Trinajstić information content (AvgIpc) is 3.23. The predicted molar refractivity (Wildman–Crippen MR) is 114 cm³/mol. The van der Waals surface area contributed by atoms with Crippen molar-refractivity contribution >= 4 is 17.2 Å². The summed E-state index contributed by atoms with van der Waals surface area (Å²) in [5, 5.41) is 15.5. The molecule has 0 fully saturated rings. The Bertz CT molecular complexity index is 1430. The zero-order valence-electron chi connectivity index (χ0n) is 16.4. The minimum Gasteiger partial charge on any atom is -0.322 e. The van der Waals surface area contributed by atoms with Crippen LogP contribution in [0.25, 0.3) is 28.4 Å². The highest BCUT2D eigenvalue weighted by atomic mass is 19.1. The second-order valence-corrected chi connectivity index (χ2v) is 6.88. The fraction of sp³-hybridized carbons (Fsp3) is 0. The number of hydrogen-bond donors (Lipinski definition) is 1. The first-order valence-corrected chi connectivity index (χ1v) is 9.59. The average molecular weight is 428 g/mol. The minimum absolute atomic E-state index is 0.239. The van der Waals surface area contributed by atoms with E-state index in [0.29, 0.717) is 34.6 Å². The Balaban J connectivity index is 1.41. The maximum Gasteiger partial charge on any atom is 0.258 e. The minimum atomic E-state index is -0.922. The number of aromatic nitrogens is 5. The molecule has 2 aromatic carbocycles. The number of carbonyl (C=O) groups is 1. The van der Waals surface area contributed by atoms with Crippen molar-refractivity contribution in [3.05, 3.63) is 96.2 Å². The third-order valence-electron chi connectivity index (χ3n) is 4.77. The third kappa shape index (κ3) is 3.67. The smallest absolute Gasteiger partial charge is 0.258 e. The third-order valence-corrected chi connectivity index (χ3v) is 4.77. The summed E-state index contributed by atoms with van der Waals surface area (Å²) in [5.41, 5.74) is 2.91. The van der Waals surface area contributed by atoms with Gasteiger partial charge in [-0.3, -0.25) is 9.78 Å². The second-order valence-electron chi connectivity index (χ2n) is 6.88. The number of nitrogens with zero attached hydrogens (tertiary/aromatic N) is 5. The van der Waals surface area contributed by atoms with Gasteiger partial charge in [-0.1, -0.05) is 18.2 Å². The molecule has 7 nitrogen and oxygen atoms in total. The molecule has 0 aliphatic heterocycles. The van der Waals surface area contributed by atoms with Crippen LogP contribution in [-0.4, -0.2) is 30.7 Å². The van der Waals surface area contributed by atoms with Crippen LogP contribution in [0, 0.1) is 11.6 Å². The van der Waals surface area contributed by atoms with Crippen molar-refractivity contribution in [3.63, 3.8) is 0 Å². The van der Waals surface area contributed by atoms with Crippen molar-refractivity contribution in [2.45, 2.75) is 0 Å². The van der Waals surface area contributed by atoms with Gasteiger partial charge in [0.05, 0.1) is 11.3 Å². The number of anilines is 1. The normalized spacial score (nSPS) is 10.9. The zero-order valence-corrected chi connectivity index (χ0v) is 16.4. The van der Waals surface area contributed by atoms with E-state index in [2.05, 4.69) is 25.6 Å². The summed E-state index contributed by atoms with van der Waals surface area (Å²) in [6.45, 7) is 0. The van der Waals surface area contributed by atoms with Gasteiger partial charge in [0.2, 0.25) is 5.82 Å². The Morgan fingerprint density at radius 3 is 2.47 bits per heavy atom. The Morgan fingerprint density at radius 2 is 1.72 bits per heavy atom. The number of benzene rings is 2. The first kappa shape index (κ1) is 19.4. The van der Waals surface area contributed by atoms with Crippen molar-refractivity contribution in [2.75, 3.05) is 5.32 Å². The van der Waals surface area contributed by atoms with E-state index in [0.717, 1.165) is 17.7 Å². The molecule has 9 heteroatoms. The van der Waals surface area contributed by atoms with E-state index in [-0.39, 0.29) is 5.56 Å². The standard InChI is InChI=1S/C23H14F2N6O/c24-15-6-9-17(18(25)13-15)23(32)27-16-7-4-14(5-8-16)19-10-11-21-28-29-22(31(21)30-19)20-3-1-2-12-26-20/h1-13H,(H,27,32). The Labute approximate surface area is 180 Å². The van der Waals surface area contributed by atoms with Gasteiger partial charge in [-0.2, -0.15) is 9.61 Å². The number of rotatable bonds is 4. The Hall–Kier alpha value is -4.53. The highest BCUT2D eigenvalue weighted by Gasteiger charge is 2.14. The molecule has 0 saturated heterocycles. The number of pyridine rings is 1. The topological polar surface area (TPSA) is 85.1 Å². The molecule has 0 unspecified atom stereocenters. The van der Waals surface area contributed by atoms with Crippen LogP contribution in [0.4, 0.5) is 14.5 Å². The van der Waals surface area contributed by atoms with E-state index in [4.69, 9.17) is 0 Å². The summed E-state index contributed by atoms with van der Waals surface area (Å²) in [6, 6.07) is 18.8. The molecule has 0 bridgehead atoms. The molecule has 0 aliphatic carbocycles. The van der Waals surface area contributed by atoms with Crippen molar-refractivity contribution < 1.29 is 13.6 Å². The van der Waals surface area contributed by atoms with Gasteiger partial charge < -0.3 is 5.32 Å². The van der Waals surface area contributed by atoms with Gasteiger partial charge in [0.15, 0.2) is 5.65 Å². The van der Waals surface area contributed by atoms with Gasteiger partial charge in [0, 0.05) is 23.5 Å². The molecular weight excluding hydrogens is 414 g/mol. The molecule has 3 aromatic heterocycles. The molecule has 0 saturated carbocycles. The maximum atomic E-state index is 13.8. The highest BCUT2D eigenvalue weighted by molar-refractivity contribution is 6.04. The summed E-state index contributed by atoms with van der Waals surface area (Å²) in [7, 11) is 0. The monoisotopic (exact) mass is 428 g/mol. The van der Waals surface area contributed by atoms with Crippen LogP contribution >= 0.6 is 0 Å². The Kier molecular flexibility index (Phi) is 4.83. The van der Waals surface area contributed by atoms with Crippen molar-refractivity contribution in [1.82, 2.24) is 24.8 Å². The molecule has 5 aromatic rings. The summed E-state index contributed by atoms with van der Waals surface area (Å²) in [4.78, 5) is 16.6. The molecule has 1 amide bonds. The van der Waals surface area contributed by atoms with E-state index >= 15 is 0 Å². The van der Waals surface area contributed by atoms with E-state index in [1.807, 2.05) is 24.3 Å². The van der Waals surface area contributed by atoms with E-state index in [9.17, 15) is 13.6 Å². The predicted octanol–water partition coefficient (Wildman–Crippen LogP) is 4.38. The van der Waals surface area contributed by atoms with Crippen LogP contribution < -0.4 is 5.32 Å². The van der Waals surface area contributed by atoms with Crippen molar-refractivity contribution in [3.8, 4) is 22.8 Å². The van der Waals surface area contributed by atoms with Crippen LogP contribution in [0.15, 0.2) is 79.0 Å². The molecule has 0 radical (unpaired) electrons. The van der Waals surface area contributed by atoms with Gasteiger partial charge in [-0.15, -0.1) is 10.2 Å². The molecule has 0 aliphatic rings. The Morgan fingerprint density at radius 1 is 0.875 bits per heavy atom. The van der Waals surface area contributed by atoms with Crippen LogP contribution in [0.3, 0.4) is 0 Å². The lowest BCUT2D eigenvalue weighted by Gasteiger charge is -2.08. The fourth-order valence-electron chi connectivity index (χ4n) is 3.19. The quantitative estimate of drug-likeness (QED) is 0.459. The first-order chi connectivity index (χ1) is 15.6. The second kappa shape index (κ2) is 7.95. The summed E-state index contributed by atoms with van der Waals surface area (Å²) >= 11 is 0. The summed E-state index contributed by atoms with van der Waals surface area (Å²) < 4.78 is 28.5. The van der Waals surface area contributed by atoms with Gasteiger partial charge in [0.25, 0.3) is 5.91 Å². The van der Waals surface area contributed by atoms with Gasteiger partial charge in [0.1, 0.15) is 17.3 Å². The molecule has 3 heterocycles. The van der Waals surface area contributed by atoms with E-state index in [1.165, 1.54) is 0 Å². The highest BCUT2D eigenvalue weighted by Crippen LogP contribution is 2.22. The van der Waals surface area contributed by atoms with E-state index < -0.39 is 17.5 Å². The number of nitrogens with one attached hydrogen (secondary N) is 1. The molecular formula is C23H14F2N6O. The lowest BCUT2D eigenvalue weighted by atomic mass is 10.1. The van der Waals surface area contributed by atoms with Gasteiger partial charge in [-0.05, 0) is 48.5 Å². The largest absolute Gasteiger partial charge is 0.322 e. The number of carbonyl (C=O) groups excluding carboxylic acids is 1. The SMILES string of the molecule is O=C(Nc1ccc(-c2ccc3nnc(-c4ccccn4)n3n2)cc1)c1ccc(F)cc1F. The zero-order chi connectivity index (χ0) is 22.1. The van der Waals surface area contributed by atoms with Crippen molar-refractivity contribution in [2.24, 2.45) is 0 Å². The van der Waals surface area contributed by atoms with E-state index in [1.54, 1.807) is 41.0 Å². The van der Waals surface area contributed by atoms with Gasteiger partial charge in [-0.25, -0.2) is 8.78 Å². The lowest BCUT2D eigenvalue weighted by Crippen LogP contribution is -2.13. The summed E-state index contributed by atoms with van der Waals surface area (Å²) in [5.74, 6) is -1.81. The van der Waals surface area contributed by atoms with Crippen LogP contribution in [-0.2, 0) is 0 Å². The number of amides is 1. The van der Waals surface area contributed by atoms with Crippen molar-refractivity contribution in [1.29, 1.82) is 0 Å². The van der Waals surface area contributed by atoms with Crippen LogP contribution in [0.2, 0.25) is 0 Å². The molecule has 5 rings (SSSR count). The number of halogens is 2. The number of fused-ring (bicyclic) bond motifs is 1. The lowest BCUT2D eigenvalue weighted by molar-refractivity contribution is 0.102. The first-order valence-electron chi connectivity index (χ1n) is 9.59. The molecule has 156 valence electrons. The van der Waals surface area contributed by atoms with Crippen LogP contribution in [0.5, 0.6) is 0 Å². The fourth-order valence-corrected chi connectivity index (χ4v) is 3.19. The van der Waals surface area contributed by atoms with Crippen LogP contribution in [0.1, 0.15) is 10.4 Å². The molecule has 0 atom stereocenters. The summed E-state index contributed by atoms with van der Waals surface area (Å²) in [6.07, 6.45) is 1.67. The number of hydrogen-bond acceptors (Lipinski definition) is 5. The molecule has 0 spiro atoms. The van der Waals surface area contributed by atoms with Gasteiger partial charge >= 0.3 is 0 Å². The molecule has 1 N–H and O–H groups in total. The molecule has 32 heavy (non-hydrogen) atoms.